The Morgan fingerprint density at radius 1 is 1.30 bits per heavy atom. The molecule has 1 aromatic rings. The molecule has 156 valence electrons. The summed E-state index contributed by atoms with van der Waals surface area (Å²) < 4.78 is 16.4. The summed E-state index contributed by atoms with van der Waals surface area (Å²) >= 11 is 0. The van der Waals surface area contributed by atoms with Crippen LogP contribution in [-0.2, 0) is 16.1 Å². The van der Waals surface area contributed by atoms with Gasteiger partial charge in [0.1, 0.15) is 12.4 Å². The van der Waals surface area contributed by atoms with Crippen molar-refractivity contribution in [3.05, 3.63) is 24.2 Å². The smallest absolute Gasteiger partial charge is 0.191 e. The van der Waals surface area contributed by atoms with Gasteiger partial charge in [-0.1, -0.05) is 0 Å². The molecule has 0 bridgehead atoms. The van der Waals surface area contributed by atoms with Crippen molar-refractivity contribution in [3.63, 3.8) is 0 Å². The van der Waals surface area contributed by atoms with Crippen LogP contribution in [-0.4, -0.2) is 69.9 Å². The highest BCUT2D eigenvalue weighted by Crippen LogP contribution is 2.26. The third-order valence-electron chi connectivity index (χ3n) is 4.83. The fourth-order valence-corrected chi connectivity index (χ4v) is 3.01. The summed E-state index contributed by atoms with van der Waals surface area (Å²) in [5.41, 5.74) is 0.0900. The fraction of sp³-hybridized carbons (Fsp3) is 0.737. The van der Waals surface area contributed by atoms with Crippen molar-refractivity contribution < 1.29 is 13.9 Å². The van der Waals surface area contributed by atoms with E-state index in [9.17, 15) is 0 Å². The van der Waals surface area contributed by atoms with Gasteiger partial charge < -0.3 is 29.4 Å². The van der Waals surface area contributed by atoms with Gasteiger partial charge in [-0.25, -0.2) is 0 Å². The highest BCUT2D eigenvalue weighted by atomic mass is 127. The molecule has 1 aromatic heterocycles. The van der Waals surface area contributed by atoms with Crippen LogP contribution in [0.5, 0.6) is 0 Å². The molecule has 0 unspecified atom stereocenters. The molecule has 27 heavy (non-hydrogen) atoms. The summed E-state index contributed by atoms with van der Waals surface area (Å²) in [6.45, 7) is 7.35. The van der Waals surface area contributed by atoms with E-state index in [1.54, 1.807) is 6.26 Å². The molecule has 8 heteroatoms. The van der Waals surface area contributed by atoms with Crippen LogP contribution < -0.4 is 10.6 Å². The van der Waals surface area contributed by atoms with E-state index < -0.39 is 0 Å². The Bertz CT molecular complexity index is 517. The number of rotatable bonds is 10. The van der Waals surface area contributed by atoms with Crippen LogP contribution >= 0.6 is 24.0 Å². The number of hydrogen-bond donors (Lipinski definition) is 2. The molecule has 7 nitrogen and oxygen atoms in total. The number of likely N-dealkylation sites (N-methyl/N-ethyl adjacent to an activating group) is 1. The highest BCUT2D eigenvalue weighted by molar-refractivity contribution is 14.0. The number of ether oxygens (including phenoxy) is 2. The second kappa shape index (κ2) is 13.4. The Morgan fingerprint density at radius 3 is 2.70 bits per heavy atom. The minimum Gasteiger partial charge on any atom is -0.467 e. The van der Waals surface area contributed by atoms with Gasteiger partial charge in [0, 0.05) is 38.4 Å². The molecule has 0 radical (unpaired) electrons. The summed E-state index contributed by atoms with van der Waals surface area (Å²) in [7, 11) is 4.27. The summed E-state index contributed by atoms with van der Waals surface area (Å²) in [4.78, 5) is 7.13. The Morgan fingerprint density at radius 2 is 2.07 bits per heavy atom. The molecule has 0 amide bonds. The third-order valence-corrected chi connectivity index (χ3v) is 4.83. The lowest BCUT2D eigenvalue weighted by Gasteiger charge is -2.41. The zero-order chi connectivity index (χ0) is 18.7. The highest BCUT2D eigenvalue weighted by Gasteiger charge is 2.34. The topological polar surface area (TPSA) is 71.3 Å². The molecule has 1 fully saturated rings. The van der Waals surface area contributed by atoms with Crippen molar-refractivity contribution in [2.75, 3.05) is 53.6 Å². The standard InChI is InChI=1S/C19H34N4O3.HI/c1-4-20-18(21-10-6-11-25-15-17-7-5-12-26-17)22-16-19(23(2)3)8-13-24-14-9-19;/h5,7,12H,4,6,8-11,13-16H2,1-3H3,(H2,20,21,22);1H. The first kappa shape index (κ1) is 24.2. The molecular formula is C19H35IN4O3. The maximum Gasteiger partial charge on any atom is 0.191 e. The molecule has 1 aliphatic heterocycles. The number of aliphatic imine (C=N–C) groups is 1. The summed E-state index contributed by atoms with van der Waals surface area (Å²) in [6.07, 6.45) is 4.61. The molecule has 1 saturated heterocycles. The quantitative estimate of drug-likeness (QED) is 0.226. The van der Waals surface area contributed by atoms with Crippen LogP contribution in [0, 0.1) is 0 Å². The molecule has 2 heterocycles. The van der Waals surface area contributed by atoms with Gasteiger partial charge >= 0.3 is 0 Å². The number of hydrogen-bond acceptors (Lipinski definition) is 5. The molecule has 0 aliphatic carbocycles. The maximum absolute atomic E-state index is 5.61. The zero-order valence-electron chi connectivity index (χ0n) is 16.8. The molecule has 0 aromatic carbocycles. The number of halogens is 1. The lowest BCUT2D eigenvalue weighted by molar-refractivity contribution is -0.00255. The predicted octanol–water partition coefficient (Wildman–Crippen LogP) is 2.47. The number of nitrogens with zero attached hydrogens (tertiary/aromatic N) is 2. The molecule has 2 N–H and O–H groups in total. The largest absolute Gasteiger partial charge is 0.467 e. The van der Waals surface area contributed by atoms with E-state index in [1.165, 1.54) is 0 Å². The first-order chi connectivity index (χ1) is 12.7. The lowest BCUT2D eigenvalue weighted by atomic mass is 9.89. The molecule has 0 atom stereocenters. The van der Waals surface area contributed by atoms with E-state index in [0.717, 1.165) is 63.8 Å². The van der Waals surface area contributed by atoms with Crippen molar-refractivity contribution in [2.24, 2.45) is 4.99 Å². The number of furan rings is 1. The van der Waals surface area contributed by atoms with Gasteiger partial charge in [-0.2, -0.15) is 0 Å². The lowest BCUT2D eigenvalue weighted by Crippen LogP contribution is -2.51. The Hall–Kier alpha value is -0.840. The van der Waals surface area contributed by atoms with Crippen molar-refractivity contribution in [2.45, 2.75) is 38.3 Å². The van der Waals surface area contributed by atoms with Crippen LogP contribution in [0.3, 0.4) is 0 Å². The van der Waals surface area contributed by atoms with Crippen molar-refractivity contribution in [1.82, 2.24) is 15.5 Å². The summed E-state index contributed by atoms with van der Waals surface area (Å²) in [6, 6.07) is 3.80. The minimum atomic E-state index is 0. The molecule has 2 rings (SSSR count). The van der Waals surface area contributed by atoms with Crippen LogP contribution in [0.1, 0.15) is 31.9 Å². The maximum atomic E-state index is 5.61. The third kappa shape index (κ3) is 8.37. The van der Waals surface area contributed by atoms with Crippen LogP contribution in [0.2, 0.25) is 0 Å². The zero-order valence-corrected chi connectivity index (χ0v) is 19.2. The Balaban J connectivity index is 0.00000364. The van der Waals surface area contributed by atoms with E-state index in [4.69, 9.17) is 18.9 Å². The second-order valence-electron chi connectivity index (χ2n) is 6.84. The first-order valence-electron chi connectivity index (χ1n) is 9.54. The van der Waals surface area contributed by atoms with Crippen molar-refractivity contribution >= 4 is 29.9 Å². The van der Waals surface area contributed by atoms with Gasteiger partial charge in [0.2, 0.25) is 0 Å². The van der Waals surface area contributed by atoms with Gasteiger partial charge in [-0.3, -0.25) is 4.99 Å². The summed E-state index contributed by atoms with van der Waals surface area (Å²) in [5.74, 6) is 1.73. The molecule has 0 spiro atoms. The predicted molar refractivity (Wildman–Crippen MR) is 119 cm³/mol. The van der Waals surface area contributed by atoms with Gasteiger partial charge in [-0.05, 0) is 52.4 Å². The molecular weight excluding hydrogens is 459 g/mol. The normalized spacial score (nSPS) is 16.8. The molecule has 1 aliphatic rings. The second-order valence-corrected chi connectivity index (χ2v) is 6.84. The van der Waals surface area contributed by atoms with Crippen LogP contribution in [0.15, 0.2) is 27.8 Å². The SMILES string of the molecule is CCNC(=NCC1(N(C)C)CCOCC1)NCCCOCc1ccco1.I. The number of nitrogens with one attached hydrogen (secondary N) is 2. The van der Waals surface area contributed by atoms with Crippen LogP contribution in [0.4, 0.5) is 0 Å². The summed E-state index contributed by atoms with van der Waals surface area (Å²) in [5, 5.41) is 6.72. The average Bonchev–Trinajstić information content (AvgIpc) is 3.16. The monoisotopic (exact) mass is 494 g/mol. The van der Waals surface area contributed by atoms with Crippen molar-refractivity contribution in [1.29, 1.82) is 0 Å². The van der Waals surface area contributed by atoms with E-state index >= 15 is 0 Å². The van der Waals surface area contributed by atoms with Gasteiger partial charge in [0.25, 0.3) is 0 Å². The van der Waals surface area contributed by atoms with Crippen LogP contribution in [0.25, 0.3) is 0 Å². The Kier molecular flexibility index (Phi) is 12.0. The number of guanidine groups is 1. The first-order valence-corrected chi connectivity index (χ1v) is 9.54. The van der Waals surface area contributed by atoms with E-state index in [1.807, 2.05) is 12.1 Å². The van der Waals surface area contributed by atoms with Crippen molar-refractivity contribution in [3.8, 4) is 0 Å². The van der Waals surface area contributed by atoms with E-state index in [2.05, 4.69) is 36.6 Å². The van der Waals surface area contributed by atoms with Gasteiger partial charge in [0.05, 0.1) is 12.8 Å². The average molecular weight is 494 g/mol. The Labute approximate surface area is 180 Å². The minimum absolute atomic E-state index is 0. The molecule has 0 saturated carbocycles. The van der Waals surface area contributed by atoms with E-state index in [-0.39, 0.29) is 29.5 Å². The van der Waals surface area contributed by atoms with E-state index in [0.29, 0.717) is 13.2 Å². The van der Waals surface area contributed by atoms with Gasteiger partial charge in [0.15, 0.2) is 5.96 Å². The van der Waals surface area contributed by atoms with Gasteiger partial charge in [-0.15, -0.1) is 24.0 Å². The fourth-order valence-electron chi connectivity index (χ4n) is 3.01.